The van der Waals surface area contributed by atoms with E-state index in [4.69, 9.17) is 10.6 Å². The van der Waals surface area contributed by atoms with E-state index in [1.807, 2.05) is 31.2 Å². The largest absolute Gasteiger partial charge is 0.496 e. The highest BCUT2D eigenvalue weighted by atomic mass is 32.1. The van der Waals surface area contributed by atoms with Crippen molar-refractivity contribution in [1.29, 1.82) is 0 Å². The number of hydrogen-bond acceptors (Lipinski definition) is 7. The zero-order chi connectivity index (χ0) is 18.4. The summed E-state index contributed by atoms with van der Waals surface area (Å²) in [7, 11) is 3.38. The molecule has 8 heteroatoms. The van der Waals surface area contributed by atoms with Gasteiger partial charge in [0.2, 0.25) is 0 Å². The number of nitrogens with two attached hydrogens (primary N) is 1. The average Bonchev–Trinajstić information content (AvgIpc) is 3.01. The number of pyridine rings is 1. The van der Waals surface area contributed by atoms with Crippen molar-refractivity contribution in [3.63, 3.8) is 0 Å². The minimum atomic E-state index is -0.180. The highest BCUT2D eigenvalue weighted by Gasteiger charge is 2.17. The van der Waals surface area contributed by atoms with Gasteiger partial charge in [-0.25, -0.2) is 10.8 Å². The number of hydrazine groups is 1. The van der Waals surface area contributed by atoms with Crippen LogP contribution in [0.15, 0.2) is 41.5 Å². The van der Waals surface area contributed by atoms with Crippen molar-refractivity contribution in [3.05, 3.63) is 52.6 Å². The standard InChI is InChI=1S/C18H17N5O2S/c1-10-8-11(4-5-14(10)25-3)23-18(24)16-12(9-21-23)15-13(22(2)19)6-7-20-17(15)26-16/h4-9H,19H2,1-3H3. The summed E-state index contributed by atoms with van der Waals surface area (Å²) in [5.41, 5.74) is 2.25. The minimum Gasteiger partial charge on any atom is -0.496 e. The molecule has 7 nitrogen and oxygen atoms in total. The van der Waals surface area contributed by atoms with Crippen LogP contribution >= 0.6 is 11.3 Å². The van der Waals surface area contributed by atoms with Gasteiger partial charge in [-0.3, -0.25) is 4.79 Å². The van der Waals surface area contributed by atoms with Gasteiger partial charge in [-0.2, -0.15) is 9.78 Å². The first-order valence-electron chi connectivity index (χ1n) is 7.94. The van der Waals surface area contributed by atoms with Crippen LogP contribution in [-0.2, 0) is 0 Å². The van der Waals surface area contributed by atoms with E-state index >= 15 is 0 Å². The Hall–Kier alpha value is -2.97. The quantitative estimate of drug-likeness (QED) is 0.442. The van der Waals surface area contributed by atoms with E-state index in [1.54, 1.807) is 26.6 Å². The molecule has 3 aromatic heterocycles. The molecule has 0 radical (unpaired) electrons. The van der Waals surface area contributed by atoms with E-state index in [0.29, 0.717) is 10.4 Å². The lowest BCUT2D eigenvalue weighted by Gasteiger charge is -2.13. The average molecular weight is 367 g/mol. The van der Waals surface area contributed by atoms with Crippen LogP contribution < -0.4 is 21.1 Å². The minimum absolute atomic E-state index is 0.180. The third-order valence-electron chi connectivity index (χ3n) is 4.30. The van der Waals surface area contributed by atoms with Gasteiger partial charge < -0.3 is 9.75 Å². The van der Waals surface area contributed by atoms with Crippen molar-refractivity contribution >= 4 is 37.3 Å². The van der Waals surface area contributed by atoms with E-state index in [2.05, 4.69) is 10.1 Å². The molecule has 0 spiro atoms. The normalized spacial score (nSPS) is 11.2. The van der Waals surface area contributed by atoms with Gasteiger partial charge in [0.15, 0.2) is 0 Å². The van der Waals surface area contributed by atoms with Gasteiger partial charge in [-0.15, -0.1) is 11.3 Å². The van der Waals surface area contributed by atoms with Gasteiger partial charge in [-0.05, 0) is 36.8 Å². The predicted octanol–water partition coefficient (Wildman–Crippen LogP) is 2.62. The topological polar surface area (TPSA) is 86.3 Å². The summed E-state index contributed by atoms with van der Waals surface area (Å²) in [6, 6.07) is 7.35. The fourth-order valence-electron chi connectivity index (χ4n) is 3.05. The van der Waals surface area contributed by atoms with Crippen LogP contribution in [0.1, 0.15) is 5.56 Å². The SMILES string of the molecule is COc1ccc(-n2ncc3c(sc4nccc(N(C)N)c43)c2=O)cc1C. The molecular weight excluding hydrogens is 350 g/mol. The van der Waals surface area contributed by atoms with Crippen molar-refractivity contribution in [2.75, 3.05) is 19.2 Å². The van der Waals surface area contributed by atoms with Gasteiger partial charge >= 0.3 is 0 Å². The molecule has 4 aromatic rings. The Bertz CT molecular complexity index is 1200. The van der Waals surface area contributed by atoms with Crippen LogP contribution in [0.3, 0.4) is 0 Å². The first kappa shape index (κ1) is 16.5. The number of rotatable bonds is 3. The Morgan fingerprint density at radius 3 is 2.81 bits per heavy atom. The van der Waals surface area contributed by atoms with Gasteiger partial charge in [0.25, 0.3) is 5.56 Å². The number of aryl methyl sites for hydroxylation is 1. The number of thiophene rings is 1. The maximum absolute atomic E-state index is 13.1. The summed E-state index contributed by atoms with van der Waals surface area (Å²) in [4.78, 5) is 18.2. The fourth-order valence-corrected chi connectivity index (χ4v) is 4.11. The van der Waals surface area contributed by atoms with Gasteiger partial charge in [0.1, 0.15) is 15.3 Å². The van der Waals surface area contributed by atoms with Crippen LogP contribution in [0.4, 0.5) is 5.69 Å². The summed E-state index contributed by atoms with van der Waals surface area (Å²) >= 11 is 1.35. The molecule has 0 atom stereocenters. The van der Waals surface area contributed by atoms with Gasteiger partial charge in [0.05, 0.1) is 24.7 Å². The summed E-state index contributed by atoms with van der Waals surface area (Å²) in [5.74, 6) is 6.70. The molecule has 3 heterocycles. The molecule has 0 amide bonds. The molecule has 0 fully saturated rings. The molecule has 0 unspecified atom stereocenters. The molecule has 0 aliphatic heterocycles. The number of benzene rings is 1. The molecule has 26 heavy (non-hydrogen) atoms. The molecule has 4 rings (SSSR count). The van der Waals surface area contributed by atoms with E-state index < -0.39 is 0 Å². The number of aromatic nitrogens is 3. The van der Waals surface area contributed by atoms with Crippen molar-refractivity contribution in [1.82, 2.24) is 14.8 Å². The van der Waals surface area contributed by atoms with Crippen LogP contribution in [0, 0.1) is 6.92 Å². The molecule has 0 saturated heterocycles. The first-order valence-corrected chi connectivity index (χ1v) is 8.76. The zero-order valence-electron chi connectivity index (χ0n) is 14.6. The van der Waals surface area contributed by atoms with Gasteiger partial charge in [0, 0.05) is 24.0 Å². The Morgan fingerprint density at radius 2 is 2.12 bits per heavy atom. The second kappa shape index (κ2) is 6.08. The van der Waals surface area contributed by atoms with Crippen LogP contribution in [-0.4, -0.2) is 28.9 Å². The number of nitrogens with zero attached hydrogens (tertiary/aromatic N) is 4. The van der Waals surface area contributed by atoms with Crippen LogP contribution in [0.25, 0.3) is 26.0 Å². The number of fused-ring (bicyclic) bond motifs is 3. The van der Waals surface area contributed by atoms with Crippen molar-refractivity contribution in [2.24, 2.45) is 5.84 Å². The monoisotopic (exact) mass is 367 g/mol. The number of anilines is 1. The third-order valence-corrected chi connectivity index (χ3v) is 5.40. The highest BCUT2D eigenvalue weighted by molar-refractivity contribution is 7.25. The number of ether oxygens (including phenoxy) is 1. The molecule has 132 valence electrons. The summed E-state index contributed by atoms with van der Waals surface area (Å²) < 4.78 is 7.28. The van der Waals surface area contributed by atoms with Crippen molar-refractivity contribution in [2.45, 2.75) is 6.92 Å². The van der Waals surface area contributed by atoms with Crippen molar-refractivity contribution < 1.29 is 4.74 Å². The molecule has 0 aliphatic rings. The Balaban J connectivity index is 1.99. The summed E-state index contributed by atoms with van der Waals surface area (Å²) in [6.07, 6.45) is 3.39. The molecule has 1 aromatic carbocycles. The second-order valence-electron chi connectivity index (χ2n) is 5.98. The Morgan fingerprint density at radius 1 is 1.31 bits per heavy atom. The lowest BCUT2D eigenvalue weighted by Crippen LogP contribution is -2.25. The smallest absolute Gasteiger partial charge is 0.289 e. The lowest BCUT2D eigenvalue weighted by molar-refractivity contribution is 0.411. The Labute approximate surface area is 153 Å². The second-order valence-corrected chi connectivity index (χ2v) is 6.98. The zero-order valence-corrected chi connectivity index (χ0v) is 15.4. The van der Waals surface area contributed by atoms with E-state index in [-0.39, 0.29) is 5.56 Å². The van der Waals surface area contributed by atoms with Crippen LogP contribution in [0.2, 0.25) is 0 Å². The maximum Gasteiger partial charge on any atom is 0.289 e. The number of methoxy groups -OCH3 is 1. The van der Waals surface area contributed by atoms with E-state index in [9.17, 15) is 4.79 Å². The van der Waals surface area contributed by atoms with Gasteiger partial charge in [-0.1, -0.05) is 0 Å². The summed E-state index contributed by atoms with van der Waals surface area (Å²) in [6.45, 7) is 1.93. The van der Waals surface area contributed by atoms with E-state index in [0.717, 1.165) is 32.6 Å². The fraction of sp³-hybridized carbons (Fsp3) is 0.167. The highest BCUT2D eigenvalue weighted by Crippen LogP contribution is 2.35. The lowest BCUT2D eigenvalue weighted by atomic mass is 10.2. The molecule has 0 saturated carbocycles. The maximum atomic E-state index is 13.1. The number of hydrogen-bond donors (Lipinski definition) is 1. The molecular formula is C18H17N5O2S. The molecule has 2 N–H and O–H groups in total. The van der Waals surface area contributed by atoms with E-state index in [1.165, 1.54) is 21.0 Å². The van der Waals surface area contributed by atoms with Crippen molar-refractivity contribution in [3.8, 4) is 11.4 Å². The first-order chi connectivity index (χ1) is 12.5. The predicted molar refractivity (Wildman–Crippen MR) is 104 cm³/mol. The van der Waals surface area contributed by atoms with Crippen LogP contribution in [0.5, 0.6) is 5.75 Å². The summed E-state index contributed by atoms with van der Waals surface area (Å²) in [5, 5.41) is 7.51. The Kier molecular flexibility index (Phi) is 3.86. The third kappa shape index (κ3) is 2.42. The molecule has 0 bridgehead atoms. The molecule has 0 aliphatic carbocycles.